The molecule has 3 rings (SSSR count). The van der Waals surface area contributed by atoms with Crippen molar-refractivity contribution in [2.24, 2.45) is 11.7 Å². The van der Waals surface area contributed by atoms with Gasteiger partial charge in [0, 0.05) is 12.0 Å². The number of hydrogen-bond acceptors (Lipinski definition) is 5. The number of aromatic nitrogens is 2. The average Bonchev–Trinajstić information content (AvgIpc) is 3.11. The zero-order valence-electron chi connectivity index (χ0n) is 11.4. The Morgan fingerprint density at radius 3 is 2.58 bits per heavy atom. The van der Waals surface area contributed by atoms with E-state index in [9.17, 15) is 0 Å². The van der Waals surface area contributed by atoms with E-state index < -0.39 is 0 Å². The van der Waals surface area contributed by atoms with Gasteiger partial charge in [-0.2, -0.15) is 4.98 Å². The lowest BCUT2D eigenvalue weighted by Crippen LogP contribution is -2.39. The summed E-state index contributed by atoms with van der Waals surface area (Å²) in [6, 6.07) is 0.318. The summed E-state index contributed by atoms with van der Waals surface area (Å²) in [6.45, 7) is 5.13. The second-order valence-electron chi connectivity index (χ2n) is 5.80. The van der Waals surface area contributed by atoms with Crippen LogP contribution in [0.4, 0.5) is 0 Å². The second kappa shape index (κ2) is 6.20. The van der Waals surface area contributed by atoms with Crippen molar-refractivity contribution in [3.8, 4) is 0 Å². The maximum atomic E-state index is 5.95. The van der Waals surface area contributed by atoms with Crippen LogP contribution in [0.1, 0.15) is 50.2 Å². The molecular formula is C13H23ClN4O. The Bertz CT molecular complexity index is 397. The Balaban J connectivity index is 0.00000133. The fraction of sp³-hybridized carbons (Fsp3) is 0.846. The van der Waals surface area contributed by atoms with E-state index in [4.69, 9.17) is 10.3 Å². The van der Waals surface area contributed by atoms with Crippen molar-refractivity contribution < 1.29 is 4.52 Å². The molecule has 6 heteroatoms. The highest BCUT2D eigenvalue weighted by molar-refractivity contribution is 5.85. The van der Waals surface area contributed by atoms with Crippen molar-refractivity contribution in [2.45, 2.75) is 51.1 Å². The summed E-state index contributed by atoms with van der Waals surface area (Å²) in [6.07, 6.45) is 4.79. The lowest BCUT2D eigenvalue weighted by atomic mass is 9.91. The molecule has 1 aromatic heterocycles. The van der Waals surface area contributed by atoms with Gasteiger partial charge in [-0.25, -0.2) is 0 Å². The molecule has 2 N–H and O–H groups in total. The Kier molecular flexibility index (Phi) is 4.81. The van der Waals surface area contributed by atoms with E-state index in [0.717, 1.165) is 31.3 Å². The summed E-state index contributed by atoms with van der Waals surface area (Å²) in [5, 5.41) is 4.07. The first-order chi connectivity index (χ1) is 8.72. The van der Waals surface area contributed by atoms with Crippen LogP contribution in [0.25, 0.3) is 0 Å². The van der Waals surface area contributed by atoms with E-state index in [1.807, 2.05) is 0 Å². The van der Waals surface area contributed by atoms with Crippen molar-refractivity contribution in [1.82, 2.24) is 15.0 Å². The largest absolute Gasteiger partial charge is 0.339 e. The average molecular weight is 287 g/mol. The van der Waals surface area contributed by atoms with Crippen LogP contribution in [0.3, 0.4) is 0 Å². The Labute approximate surface area is 120 Å². The quantitative estimate of drug-likeness (QED) is 0.916. The molecule has 2 aliphatic rings. The lowest BCUT2D eigenvalue weighted by Gasteiger charge is -2.32. The van der Waals surface area contributed by atoms with E-state index in [1.54, 1.807) is 0 Å². The third-order valence-corrected chi connectivity index (χ3v) is 4.15. The second-order valence-corrected chi connectivity index (χ2v) is 5.80. The van der Waals surface area contributed by atoms with E-state index in [2.05, 4.69) is 22.0 Å². The summed E-state index contributed by atoms with van der Waals surface area (Å²) in [5.74, 6) is 2.91. The topological polar surface area (TPSA) is 68.2 Å². The fourth-order valence-corrected chi connectivity index (χ4v) is 2.66. The molecule has 1 aromatic rings. The summed E-state index contributed by atoms with van der Waals surface area (Å²) >= 11 is 0. The van der Waals surface area contributed by atoms with E-state index >= 15 is 0 Å². The van der Waals surface area contributed by atoms with Gasteiger partial charge in [0.1, 0.15) is 0 Å². The van der Waals surface area contributed by atoms with Gasteiger partial charge in [-0.05, 0) is 51.6 Å². The normalized spacial score (nSPS) is 23.1. The van der Waals surface area contributed by atoms with E-state index in [-0.39, 0.29) is 12.4 Å². The Morgan fingerprint density at radius 2 is 2.00 bits per heavy atom. The van der Waals surface area contributed by atoms with Crippen LogP contribution >= 0.6 is 12.4 Å². The number of hydrogen-bond donors (Lipinski definition) is 1. The van der Waals surface area contributed by atoms with Gasteiger partial charge in [-0.1, -0.05) is 5.16 Å². The smallest absolute Gasteiger partial charge is 0.229 e. The zero-order valence-corrected chi connectivity index (χ0v) is 12.2. The summed E-state index contributed by atoms with van der Waals surface area (Å²) in [5.41, 5.74) is 5.95. The predicted molar refractivity (Wildman–Crippen MR) is 75.2 cm³/mol. The molecule has 108 valence electrons. The number of likely N-dealkylation sites (tertiary alicyclic amines) is 1. The fourth-order valence-electron chi connectivity index (χ4n) is 2.66. The SMILES string of the molecule is CC(N)C1CCN(Cc2noc(C3CC3)n2)CC1.Cl. The maximum Gasteiger partial charge on any atom is 0.229 e. The molecular weight excluding hydrogens is 264 g/mol. The molecule has 0 spiro atoms. The first kappa shape index (κ1) is 14.8. The van der Waals surface area contributed by atoms with Gasteiger partial charge in [0.25, 0.3) is 0 Å². The first-order valence-corrected chi connectivity index (χ1v) is 7.03. The van der Waals surface area contributed by atoms with Gasteiger partial charge < -0.3 is 10.3 Å². The van der Waals surface area contributed by atoms with E-state index in [1.165, 1.54) is 25.7 Å². The van der Waals surface area contributed by atoms with Crippen LogP contribution in [0, 0.1) is 5.92 Å². The molecule has 2 fully saturated rings. The predicted octanol–water partition coefficient (Wildman–Crippen LogP) is 1.93. The summed E-state index contributed by atoms with van der Waals surface area (Å²) < 4.78 is 5.28. The molecule has 2 heterocycles. The lowest BCUT2D eigenvalue weighted by molar-refractivity contribution is 0.161. The highest BCUT2D eigenvalue weighted by atomic mass is 35.5. The van der Waals surface area contributed by atoms with Crippen molar-refractivity contribution in [3.05, 3.63) is 11.7 Å². The minimum absolute atomic E-state index is 0. The van der Waals surface area contributed by atoms with Gasteiger partial charge in [0.05, 0.1) is 6.54 Å². The van der Waals surface area contributed by atoms with Crippen LogP contribution in [-0.4, -0.2) is 34.2 Å². The number of halogens is 1. The molecule has 5 nitrogen and oxygen atoms in total. The monoisotopic (exact) mass is 286 g/mol. The minimum Gasteiger partial charge on any atom is -0.339 e. The number of nitrogens with two attached hydrogens (primary N) is 1. The van der Waals surface area contributed by atoms with E-state index in [0.29, 0.717) is 17.9 Å². The molecule has 1 aliphatic carbocycles. The molecule has 0 aromatic carbocycles. The number of rotatable bonds is 4. The minimum atomic E-state index is 0. The molecule has 1 atom stereocenters. The highest BCUT2D eigenvalue weighted by Gasteiger charge is 2.30. The Hall–Kier alpha value is -0.650. The van der Waals surface area contributed by atoms with Crippen molar-refractivity contribution in [3.63, 3.8) is 0 Å². The molecule has 19 heavy (non-hydrogen) atoms. The van der Waals surface area contributed by atoms with Crippen LogP contribution in [-0.2, 0) is 6.54 Å². The first-order valence-electron chi connectivity index (χ1n) is 7.03. The van der Waals surface area contributed by atoms with Crippen molar-refractivity contribution >= 4 is 12.4 Å². The zero-order chi connectivity index (χ0) is 12.5. The molecule has 0 bridgehead atoms. The highest BCUT2D eigenvalue weighted by Crippen LogP contribution is 2.38. The number of nitrogens with zero attached hydrogens (tertiary/aromatic N) is 3. The third kappa shape index (κ3) is 3.68. The molecule has 0 amide bonds. The molecule has 1 aliphatic heterocycles. The molecule has 1 unspecified atom stereocenters. The standard InChI is InChI=1S/C13H22N4O.ClH/c1-9(14)10-4-6-17(7-5-10)8-12-15-13(18-16-12)11-2-3-11;/h9-11H,2-8,14H2,1H3;1H. The van der Waals surface area contributed by atoms with Crippen LogP contribution in [0.2, 0.25) is 0 Å². The van der Waals surface area contributed by atoms with Crippen LogP contribution in [0.5, 0.6) is 0 Å². The van der Waals surface area contributed by atoms with Crippen molar-refractivity contribution in [1.29, 1.82) is 0 Å². The molecule has 1 saturated carbocycles. The van der Waals surface area contributed by atoms with Gasteiger partial charge >= 0.3 is 0 Å². The number of piperidine rings is 1. The summed E-state index contributed by atoms with van der Waals surface area (Å²) in [7, 11) is 0. The molecule has 0 radical (unpaired) electrons. The van der Waals surface area contributed by atoms with Crippen LogP contribution in [0.15, 0.2) is 4.52 Å². The van der Waals surface area contributed by atoms with Gasteiger partial charge in [0.15, 0.2) is 5.82 Å². The van der Waals surface area contributed by atoms with Crippen LogP contribution < -0.4 is 5.73 Å². The molecule has 1 saturated heterocycles. The van der Waals surface area contributed by atoms with Crippen molar-refractivity contribution in [2.75, 3.05) is 13.1 Å². The maximum absolute atomic E-state index is 5.95. The summed E-state index contributed by atoms with van der Waals surface area (Å²) in [4.78, 5) is 6.88. The Morgan fingerprint density at radius 1 is 1.32 bits per heavy atom. The van der Waals surface area contributed by atoms with Gasteiger partial charge in [-0.15, -0.1) is 12.4 Å². The van der Waals surface area contributed by atoms with Gasteiger partial charge in [-0.3, -0.25) is 4.90 Å². The van der Waals surface area contributed by atoms with Gasteiger partial charge in [0.2, 0.25) is 5.89 Å². The third-order valence-electron chi connectivity index (χ3n) is 4.15.